The second-order valence-corrected chi connectivity index (χ2v) is 3.76. The lowest BCUT2D eigenvalue weighted by Crippen LogP contribution is -2.36. The number of nitrogens with zero attached hydrogens (tertiary/aromatic N) is 2. The first-order valence-corrected chi connectivity index (χ1v) is 5.26. The molecule has 0 amide bonds. The third kappa shape index (κ3) is 4.31. The van der Waals surface area contributed by atoms with Crippen molar-refractivity contribution >= 4 is 41.5 Å². The average molecular weight is 372 g/mol. The van der Waals surface area contributed by atoms with Gasteiger partial charge in [0.15, 0.2) is 5.96 Å². The van der Waals surface area contributed by atoms with Gasteiger partial charge in [-0.15, -0.1) is 24.0 Å². The molecule has 0 radical (unpaired) electrons. The Labute approximate surface area is 123 Å². The van der Waals surface area contributed by atoms with Crippen molar-refractivity contribution in [3.8, 4) is 0 Å². The highest BCUT2D eigenvalue weighted by Gasteiger charge is 2.11. The van der Waals surface area contributed by atoms with E-state index in [2.05, 4.69) is 10.3 Å². The predicted octanol–water partition coefficient (Wildman–Crippen LogP) is 2.73. The zero-order valence-electron chi connectivity index (χ0n) is 10.00. The highest BCUT2D eigenvalue weighted by molar-refractivity contribution is 14.0. The Balaban J connectivity index is 0.00000256. The zero-order valence-corrected chi connectivity index (χ0v) is 13.1. The van der Waals surface area contributed by atoms with E-state index in [1.807, 2.05) is 7.05 Å². The van der Waals surface area contributed by atoms with Gasteiger partial charge in [-0.25, -0.2) is 4.39 Å². The molecule has 17 heavy (non-hydrogen) atoms. The second-order valence-electron chi connectivity index (χ2n) is 3.35. The molecule has 96 valence electrons. The number of benzene rings is 1. The van der Waals surface area contributed by atoms with Crippen LogP contribution < -0.4 is 5.32 Å². The Hall–Kier alpha value is -0.560. The van der Waals surface area contributed by atoms with Gasteiger partial charge < -0.3 is 10.2 Å². The van der Waals surface area contributed by atoms with Crippen LogP contribution in [0.1, 0.15) is 5.56 Å². The van der Waals surface area contributed by atoms with Crippen LogP contribution in [-0.4, -0.2) is 32.0 Å². The number of aliphatic imine (C=N–C) groups is 1. The van der Waals surface area contributed by atoms with Gasteiger partial charge >= 0.3 is 0 Å². The van der Waals surface area contributed by atoms with Crippen LogP contribution in [0, 0.1) is 5.82 Å². The van der Waals surface area contributed by atoms with E-state index in [9.17, 15) is 4.39 Å². The molecular weight excluding hydrogens is 355 g/mol. The van der Waals surface area contributed by atoms with Crippen molar-refractivity contribution in [1.29, 1.82) is 0 Å². The van der Waals surface area contributed by atoms with E-state index in [0.717, 1.165) is 0 Å². The van der Waals surface area contributed by atoms with Crippen molar-refractivity contribution in [1.82, 2.24) is 10.2 Å². The van der Waals surface area contributed by atoms with E-state index in [-0.39, 0.29) is 29.8 Å². The van der Waals surface area contributed by atoms with Crippen LogP contribution in [0.2, 0.25) is 5.02 Å². The summed E-state index contributed by atoms with van der Waals surface area (Å²) in [6, 6.07) is 4.67. The molecule has 0 saturated carbocycles. The SMILES string of the molecule is CN=C(NC)N(C)Cc1c(F)cccc1Cl.I. The minimum Gasteiger partial charge on any atom is -0.359 e. The molecule has 6 heteroatoms. The van der Waals surface area contributed by atoms with Crippen LogP contribution in [0.4, 0.5) is 4.39 Å². The molecule has 0 heterocycles. The first kappa shape index (κ1) is 16.4. The fourth-order valence-corrected chi connectivity index (χ4v) is 1.69. The highest BCUT2D eigenvalue weighted by Crippen LogP contribution is 2.20. The van der Waals surface area contributed by atoms with E-state index >= 15 is 0 Å². The molecule has 1 aromatic carbocycles. The van der Waals surface area contributed by atoms with E-state index in [1.165, 1.54) is 6.07 Å². The van der Waals surface area contributed by atoms with Crippen LogP contribution in [0.5, 0.6) is 0 Å². The molecule has 3 nitrogen and oxygen atoms in total. The molecule has 1 aromatic rings. The summed E-state index contributed by atoms with van der Waals surface area (Å²) in [5.74, 6) is 0.380. The van der Waals surface area contributed by atoms with Crippen LogP contribution >= 0.6 is 35.6 Å². The Bertz CT molecular complexity index is 378. The molecule has 0 atom stereocenters. The molecule has 0 aromatic heterocycles. The van der Waals surface area contributed by atoms with Crippen LogP contribution in [0.3, 0.4) is 0 Å². The monoisotopic (exact) mass is 371 g/mol. The van der Waals surface area contributed by atoms with E-state index < -0.39 is 0 Å². The van der Waals surface area contributed by atoms with Gasteiger partial charge in [-0.3, -0.25) is 4.99 Å². The lowest BCUT2D eigenvalue weighted by Gasteiger charge is -2.21. The van der Waals surface area contributed by atoms with Gasteiger partial charge in [0.1, 0.15) is 5.82 Å². The van der Waals surface area contributed by atoms with E-state index in [4.69, 9.17) is 11.6 Å². The molecule has 0 unspecified atom stereocenters. The third-order valence-electron chi connectivity index (χ3n) is 2.25. The fraction of sp³-hybridized carbons (Fsp3) is 0.364. The van der Waals surface area contributed by atoms with Crippen LogP contribution in [0.25, 0.3) is 0 Å². The Morgan fingerprint density at radius 3 is 2.65 bits per heavy atom. The van der Waals surface area contributed by atoms with E-state index in [0.29, 0.717) is 23.1 Å². The van der Waals surface area contributed by atoms with Crippen molar-refractivity contribution in [2.45, 2.75) is 6.54 Å². The van der Waals surface area contributed by atoms with Gasteiger partial charge in [0.2, 0.25) is 0 Å². The lowest BCUT2D eigenvalue weighted by molar-refractivity contribution is 0.465. The maximum absolute atomic E-state index is 13.5. The summed E-state index contributed by atoms with van der Waals surface area (Å²) < 4.78 is 13.5. The Kier molecular flexibility index (Phi) is 7.45. The number of hydrogen-bond acceptors (Lipinski definition) is 1. The largest absolute Gasteiger partial charge is 0.359 e. The normalized spacial score (nSPS) is 10.8. The average Bonchev–Trinajstić information content (AvgIpc) is 2.25. The standard InChI is InChI=1S/C11H15ClFN3.HI/c1-14-11(15-2)16(3)7-8-9(12)5-4-6-10(8)13;/h4-6H,7H2,1-3H3,(H,14,15);1H. The summed E-state index contributed by atoms with van der Waals surface area (Å²) in [6.07, 6.45) is 0. The summed E-state index contributed by atoms with van der Waals surface area (Å²) in [5, 5.41) is 3.35. The first-order chi connectivity index (χ1) is 7.60. The van der Waals surface area contributed by atoms with E-state index in [1.54, 1.807) is 31.1 Å². The molecule has 0 spiro atoms. The molecule has 0 bridgehead atoms. The smallest absolute Gasteiger partial charge is 0.193 e. The maximum Gasteiger partial charge on any atom is 0.193 e. The molecule has 0 saturated heterocycles. The molecule has 0 fully saturated rings. The number of nitrogens with one attached hydrogen (secondary N) is 1. The molecule has 0 aliphatic heterocycles. The Morgan fingerprint density at radius 1 is 1.53 bits per heavy atom. The third-order valence-corrected chi connectivity index (χ3v) is 2.61. The minimum atomic E-state index is -0.300. The van der Waals surface area contributed by atoms with Gasteiger partial charge in [0.05, 0.1) is 0 Å². The van der Waals surface area contributed by atoms with Crippen molar-refractivity contribution < 1.29 is 4.39 Å². The maximum atomic E-state index is 13.5. The number of halogens is 3. The minimum absolute atomic E-state index is 0. The molecular formula is C11H16ClFIN3. The number of guanidine groups is 1. The van der Waals surface area contributed by atoms with Crippen molar-refractivity contribution in [3.63, 3.8) is 0 Å². The molecule has 0 aliphatic carbocycles. The topological polar surface area (TPSA) is 27.6 Å². The second kappa shape index (κ2) is 7.71. The van der Waals surface area contributed by atoms with Crippen molar-refractivity contribution in [3.05, 3.63) is 34.6 Å². The Morgan fingerprint density at radius 2 is 2.18 bits per heavy atom. The number of hydrogen-bond donors (Lipinski definition) is 1. The first-order valence-electron chi connectivity index (χ1n) is 4.88. The van der Waals surface area contributed by atoms with Gasteiger partial charge in [0, 0.05) is 38.3 Å². The molecule has 1 N–H and O–H groups in total. The summed E-state index contributed by atoms with van der Waals surface area (Å²) in [7, 11) is 5.26. The highest BCUT2D eigenvalue weighted by atomic mass is 127. The quantitative estimate of drug-likeness (QED) is 0.492. The van der Waals surface area contributed by atoms with Gasteiger partial charge in [-0.05, 0) is 12.1 Å². The van der Waals surface area contributed by atoms with Gasteiger partial charge in [0.25, 0.3) is 0 Å². The van der Waals surface area contributed by atoms with Gasteiger partial charge in [-0.1, -0.05) is 17.7 Å². The zero-order chi connectivity index (χ0) is 12.1. The fourth-order valence-electron chi connectivity index (χ4n) is 1.47. The number of rotatable bonds is 2. The predicted molar refractivity (Wildman–Crippen MR) is 80.7 cm³/mol. The van der Waals surface area contributed by atoms with Crippen LogP contribution in [0.15, 0.2) is 23.2 Å². The van der Waals surface area contributed by atoms with Gasteiger partial charge in [-0.2, -0.15) is 0 Å². The summed E-state index contributed by atoms with van der Waals surface area (Å²) in [6.45, 7) is 0.374. The summed E-state index contributed by atoms with van der Waals surface area (Å²) in [5.41, 5.74) is 0.475. The summed E-state index contributed by atoms with van der Waals surface area (Å²) >= 11 is 5.94. The molecule has 1 rings (SSSR count). The molecule has 0 aliphatic rings. The van der Waals surface area contributed by atoms with Crippen LogP contribution in [-0.2, 0) is 6.54 Å². The van der Waals surface area contributed by atoms with Crippen molar-refractivity contribution in [2.24, 2.45) is 4.99 Å². The van der Waals surface area contributed by atoms with Crippen molar-refractivity contribution in [2.75, 3.05) is 21.1 Å². The summed E-state index contributed by atoms with van der Waals surface area (Å²) in [4.78, 5) is 5.82. The lowest BCUT2D eigenvalue weighted by atomic mass is 10.2.